The third-order valence-corrected chi connectivity index (χ3v) is 2.63. The second-order valence-electron chi connectivity index (χ2n) is 2.93. The molecule has 0 atom stereocenters. The molecule has 0 spiro atoms. The van der Waals surface area contributed by atoms with E-state index < -0.39 is 0 Å². The van der Waals surface area contributed by atoms with E-state index in [0.29, 0.717) is 11.3 Å². The summed E-state index contributed by atoms with van der Waals surface area (Å²) in [6.45, 7) is 1.92. The van der Waals surface area contributed by atoms with Gasteiger partial charge >= 0.3 is 0 Å². The van der Waals surface area contributed by atoms with Crippen LogP contribution in [0.5, 0.6) is 5.75 Å². The molecule has 2 N–H and O–H groups in total. The summed E-state index contributed by atoms with van der Waals surface area (Å²) < 4.78 is 5.88. The van der Waals surface area contributed by atoms with Crippen molar-refractivity contribution in [2.24, 2.45) is 5.73 Å². The standard InChI is InChI=1S/C10H12BrNO2/c1-6-3-8(11)7(9(13)5-12)4-10(6)14-2/h3-4H,5,12H2,1-2H3. The molecule has 76 valence electrons. The smallest absolute Gasteiger partial charge is 0.177 e. The van der Waals surface area contributed by atoms with Crippen LogP contribution in [0.1, 0.15) is 15.9 Å². The molecule has 0 aliphatic carbocycles. The molecule has 4 heteroatoms. The first-order chi connectivity index (χ1) is 6.60. The van der Waals surface area contributed by atoms with Crippen molar-refractivity contribution < 1.29 is 9.53 Å². The van der Waals surface area contributed by atoms with E-state index in [1.165, 1.54) is 0 Å². The van der Waals surface area contributed by atoms with Crippen molar-refractivity contribution in [1.82, 2.24) is 0 Å². The van der Waals surface area contributed by atoms with Crippen LogP contribution in [0.2, 0.25) is 0 Å². The summed E-state index contributed by atoms with van der Waals surface area (Å²) in [5, 5.41) is 0. The van der Waals surface area contributed by atoms with Crippen LogP contribution < -0.4 is 10.5 Å². The zero-order valence-electron chi connectivity index (χ0n) is 8.13. The van der Waals surface area contributed by atoms with E-state index in [-0.39, 0.29) is 12.3 Å². The Hall–Kier alpha value is -0.870. The van der Waals surface area contributed by atoms with Gasteiger partial charge in [0.15, 0.2) is 5.78 Å². The van der Waals surface area contributed by atoms with Gasteiger partial charge in [-0.25, -0.2) is 0 Å². The van der Waals surface area contributed by atoms with Gasteiger partial charge in [-0.15, -0.1) is 0 Å². The molecule has 0 saturated carbocycles. The number of benzene rings is 1. The predicted molar refractivity (Wildman–Crippen MR) is 58.8 cm³/mol. The minimum Gasteiger partial charge on any atom is -0.496 e. The van der Waals surface area contributed by atoms with Gasteiger partial charge in [0.25, 0.3) is 0 Å². The normalized spacial score (nSPS) is 10.0. The summed E-state index contributed by atoms with van der Waals surface area (Å²) >= 11 is 3.32. The van der Waals surface area contributed by atoms with E-state index >= 15 is 0 Å². The van der Waals surface area contributed by atoms with Crippen molar-refractivity contribution in [3.05, 3.63) is 27.7 Å². The Balaban J connectivity index is 3.24. The maximum absolute atomic E-state index is 11.4. The first-order valence-electron chi connectivity index (χ1n) is 4.17. The summed E-state index contributed by atoms with van der Waals surface area (Å²) in [4.78, 5) is 11.4. The Bertz CT molecular complexity index is 363. The summed E-state index contributed by atoms with van der Waals surface area (Å²) in [6, 6.07) is 3.55. The van der Waals surface area contributed by atoms with E-state index in [0.717, 1.165) is 10.0 Å². The topological polar surface area (TPSA) is 52.3 Å². The molecular weight excluding hydrogens is 246 g/mol. The summed E-state index contributed by atoms with van der Waals surface area (Å²) in [6.07, 6.45) is 0. The van der Waals surface area contributed by atoms with Crippen LogP contribution in [-0.2, 0) is 0 Å². The van der Waals surface area contributed by atoms with Crippen LogP contribution in [-0.4, -0.2) is 19.4 Å². The van der Waals surface area contributed by atoms with Crippen molar-refractivity contribution in [2.75, 3.05) is 13.7 Å². The van der Waals surface area contributed by atoms with E-state index in [9.17, 15) is 4.79 Å². The minimum absolute atomic E-state index is 0.00478. The Kier molecular flexibility index (Phi) is 3.66. The Morgan fingerprint density at radius 3 is 2.71 bits per heavy atom. The third kappa shape index (κ3) is 2.13. The van der Waals surface area contributed by atoms with Gasteiger partial charge in [-0.05, 0) is 24.6 Å². The molecular formula is C10H12BrNO2. The molecule has 1 aromatic carbocycles. The van der Waals surface area contributed by atoms with Gasteiger partial charge in [0.2, 0.25) is 0 Å². The van der Waals surface area contributed by atoms with Gasteiger partial charge < -0.3 is 10.5 Å². The van der Waals surface area contributed by atoms with Crippen LogP contribution in [0.25, 0.3) is 0 Å². The number of methoxy groups -OCH3 is 1. The largest absolute Gasteiger partial charge is 0.496 e. The maximum atomic E-state index is 11.4. The summed E-state index contributed by atoms with van der Waals surface area (Å²) in [5.41, 5.74) is 6.84. The minimum atomic E-state index is -0.102. The first-order valence-corrected chi connectivity index (χ1v) is 4.96. The number of hydrogen-bond donors (Lipinski definition) is 1. The number of ether oxygens (including phenoxy) is 1. The van der Waals surface area contributed by atoms with Crippen LogP contribution >= 0.6 is 15.9 Å². The van der Waals surface area contributed by atoms with E-state index in [1.807, 2.05) is 13.0 Å². The highest BCUT2D eigenvalue weighted by molar-refractivity contribution is 9.10. The number of carbonyl (C=O) groups is 1. The number of halogens is 1. The fourth-order valence-electron chi connectivity index (χ4n) is 1.20. The van der Waals surface area contributed by atoms with Crippen molar-refractivity contribution in [1.29, 1.82) is 0 Å². The highest BCUT2D eigenvalue weighted by Crippen LogP contribution is 2.26. The maximum Gasteiger partial charge on any atom is 0.177 e. The molecule has 3 nitrogen and oxygen atoms in total. The number of ketones is 1. The van der Waals surface area contributed by atoms with E-state index in [1.54, 1.807) is 13.2 Å². The zero-order chi connectivity index (χ0) is 10.7. The molecule has 0 aromatic heterocycles. The lowest BCUT2D eigenvalue weighted by molar-refractivity contribution is 0.100. The number of rotatable bonds is 3. The molecule has 0 aliphatic rings. The average Bonchev–Trinajstić information content (AvgIpc) is 2.17. The monoisotopic (exact) mass is 257 g/mol. The average molecular weight is 258 g/mol. The highest BCUT2D eigenvalue weighted by atomic mass is 79.9. The first kappa shape index (κ1) is 11.2. The van der Waals surface area contributed by atoms with Gasteiger partial charge in [-0.1, -0.05) is 15.9 Å². The fraction of sp³-hybridized carbons (Fsp3) is 0.300. The second-order valence-corrected chi connectivity index (χ2v) is 3.78. The summed E-state index contributed by atoms with van der Waals surface area (Å²) in [5.74, 6) is 0.597. The quantitative estimate of drug-likeness (QED) is 0.842. The molecule has 0 heterocycles. The number of carbonyl (C=O) groups excluding carboxylic acids is 1. The molecule has 0 radical (unpaired) electrons. The number of nitrogens with two attached hydrogens (primary N) is 1. The van der Waals surface area contributed by atoms with Crippen LogP contribution in [0.4, 0.5) is 0 Å². The zero-order valence-corrected chi connectivity index (χ0v) is 9.72. The predicted octanol–water partition coefficient (Wildman–Crippen LogP) is 1.91. The molecule has 1 rings (SSSR count). The second kappa shape index (κ2) is 4.57. The Morgan fingerprint density at radius 2 is 2.21 bits per heavy atom. The fourth-order valence-corrected chi connectivity index (χ4v) is 1.88. The van der Waals surface area contributed by atoms with Crippen molar-refractivity contribution >= 4 is 21.7 Å². The van der Waals surface area contributed by atoms with Crippen LogP contribution in [0, 0.1) is 6.92 Å². The van der Waals surface area contributed by atoms with Gasteiger partial charge in [0.1, 0.15) is 5.75 Å². The lowest BCUT2D eigenvalue weighted by Crippen LogP contribution is -2.14. The van der Waals surface area contributed by atoms with Gasteiger partial charge in [0, 0.05) is 10.0 Å². The lowest BCUT2D eigenvalue weighted by Gasteiger charge is -2.08. The molecule has 1 aromatic rings. The summed E-state index contributed by atoms with van der Waals surface area (Å²) in [7, 11) is 1.58. The molecule has 14 heavy (non-hydrogen) atoms. The number of Topliss-reactive ketones (excluding diaryl/α,β-unsaturated/α-hetero) is 1. The molecule has 0 aliphatic heterocycles. The number of aryl methyl sites for hydroxylation is 1. The third-order valence-electron chi connectivity index (χ3n) is 1.97. The van der Waals surface area contributed by atoms with Crippen LogP contribution in [0.3, 0.4) is 0 Å². The lowest BCUT2D eigenvalue weighted by atomic mass is 10.1. The van der Waals surface area contributed by atoms with Gasteiger partial charge in [0.05, 0.1) is 13.7 Å². The van der Waals surface area contributed by atoms with Gasteiger partial charge in [-0.3, -0.25) is 4.79 Å². The number of hydrogen-bond acceptors (Lipinski definition) is 3. The van der Waals surface area contributed by atoms with E-state index in [4.69, 9.17) is 10.5 Å². The SMILES string of the molecule is COc1cc(C(=O)CN)c(Br)cc1C. The Morgan fingerprint density at radius 1 is 1.57 bits per heavy atom. The van der Waals surface area contributed by atoms with Crippen LogP contribution in [0.15, 0.2) is 16.6 Å². The highest BCUT2D eigenvalue weighted by Gasteiger charge is 2.11. The molecule has 0 unspecified atom stereocenters. The van der Waals surface area contributed by atoms with Crippen molar-refractivity contribution in [3.8, 4) is 5.75 Å². The molecule has 0 bridgehead atoms. The Labute approximate surface area is 91.4 Å². The molecule has 0 fully saturated rings. The van der Waals surface area contributed by atoms with Gasteiger partial charge in [-0.2, -0.15) is 0 Å². The molecule has 0 saturated heterocycles. The molecule has 0 amide bonds. The van der Waals surface area contributed by atoms with Crippen molar-refractivity contribution in [2.45, 2.75) is 6.92 Å². The van der Waals surface area contributed by atoms with Crippen molar-refractivity contribution in [3.63, 3.8) is 0 Å². The van der Waals surface area contributed by atoms with E-state index in [2.05, 4.69) is 15.9 Å².